The molecule has 0 spiro atoms. The van der Waals surface area contributed by atoms with Gasteiger partial charge in [0.1, 0.15) is 5.58 Å². The Kier molecular flexibility index (Phi) is 7.29. The van der Waals surface area contributed by atoms with Crippen molar-refractivity contribution in [3.63, 3.8) is 0 Å². The van der Waals surface area contributed by atoms with Crippen molar-refractivity contribution in [1.29, 1.82) is 0 Å². The van der Waals surface area contributed by atoms with E-state index in [4.69, 9.17) is 4.42 Å². The number of aryl methyl sites for hydroxylation is 1. The molecule has 0 aliphatic carbocycles. The van der Waals surface area contributed by atoms with E-state index in [9.17, 15) is 9.59 Å². The maximum absolute atomic E-state index is 13.0. The highest BCUT2D eigenvalue weighted by Gasteiger charge is 2.24. The molecule has 4 rings (SSSR count). The maximum Gasteiger partial charge on any atom is 0.287 e. The fraction of sp³-hybridized carbons (Fsp3) is 0.429. The van der Waals surface area contributed by atoms with Crippen molar-refractivity contribution >= 4 is 16.9 Å². The molecule has 1 N–H and O–H groups in total. The Morgan fingerprint density at radius 3 is 2.36 bits per heavy atom. The van der Waals surface area contributed by atoms with Crippen LogP contribution in [0, 0.1) is 0 Å². The van der Waals surface area contributed by atoms with Gasteiger partial charge in [0, 0.05) is 12.6 Å². The van der Waals surface area contributed by atoms with E-state index in [0.717, 1.165) is 25.1 Å². The summed E-state index contributed by atoms with van der Waals surface area (Å²) in [4.78, 5) is 28.0. The first-order valence-electron chi connectivity index (χ1n) is 12.1. The normalized spacial score (nSPS) is 15.6. The van der Waals surface area contributed by atoms with Crippen LogP contribution in [0.3, 0.4) is 0 Å². The van der Waals surface area contributed by atoms with Gasteiger partial charge in [0.25, 0.3) is 5.91 Å². The maximum atomic E-state index is 13.0. The highest BCUT2D eigenvalue weighted by Crippen LogP contribution is 2.26. The molecular weight excluding hydrogens is 412 g/mol. The summed E-state index contributed by atoms with van der Waals surface area (Å²) in [5.74, 6) is 0.190. The first-order chi connectivity index (χ1) is 16.0. The predicted molar refractivity (Wildman–Crippen MR) is 133 cm³/mol. The molecule has 0 bridgehead atoms. The van der Waals surface area contributed by atoms with Crippen LogP contribution in [0.2, 0.25) is 0 Å². The topological polar surface area (TPSA) is 62.6 Å². The van der Waals surface area contributed by atoms with Gasteiger partial charge in [0.2, 0.25) is 0 Å². The number of carbonyl (C=O) groups excluding carboxylic acids is 1. The fourth-order valence-electron chi connectivity index (χ4n) is 4.60. The monoisotopic (exact) mass is 446 g/mol. The summed E-state index contributed by atoms with van der Waals surface area (Å²) < 4.78 is 5.80. The van der Waals surface area contributed by atoms with Gasteiger partial charge in [0.15, 0.2) is 11.2 Å². The number of rotatable bonds is 7. The van der Waals surface area contributed by atoms with Crippen LogP contribution in [0.15, 0.2) is 57.7 Å². The average Bonchev–Trinajstić information content (AvgIpc) is 2.84. The average molecular weight is 447 g/mol. The van der Waals surface area contributed by atoms with Crippen molar-refractivity contribution in [2.24, 2.45) is 0 Å². The number of carbonyl (C=O) groups is 1. The van der Waals surface area contributed by atoms with Gasteiger partial charge in [-0.2, -0.15) is 0 Å². The Balaban J connectivity index is 1.54. The molecule has 1 saturated heterocycles. The molecule has 1 fully saturated rings. The molecule has 1 atom stereocenters. The van der Waals surface area contributed by atoms with E-state index in [-0.39, 0.29) is 23.1 Å². The summed E-state index contributed by atoms with van der Waals surface area (Å²) in [6.07, 6.45) is 4.44. The molecule has 2 aromatic carbocycles. The zero-order valence-electron chi connectivity index (χ0n) is 19.9. The molecule has 1 amide bonds. The zero-order chi connectivity index (χ0) is 23.4. The first-order valence-corrected chi connectivity index (χ1v) is 12.1. The Labute approximate surface area is 195 Å². The number of piperidine rings is 1. The second kappa shape index (κ2) is 10.3. The number of hydrogen-bond donors (Lipinski definition) is 1. The van der Waals surface area contributed by atoms with E-state index in [2.05, 4.69) is 48.3 Å². The van der Waals surface area contributed by atoms with E-state index >= 15 is 0 Å². The molecule has 3 aromatic rings. The molecule has 1 aliphatic rings. The van der Waals surface area contributed by atoms with Gasteiger partial charge < -0.3 is 9.73 Å². The van der Waals surface area contributed by atoms with Gasteiger partial charge in [-0.25, -0.2) is 0 Å². The third kappa shape index (κ3) is 5.36. The second-order valence-electron chi connectivity index (χ2n) is 9.30. The molecule has 1 aromatic heterocycles. The highest BCUT2D eigenvalue weighted by molar-refractivity contribution is 5.93. The van der Waals surface area contributed by atoms with Crippen LogP contribution in [0.25, 0.3) is 11.0 Å². The molecule has 5 heteroatoms. The van der Waals surface area contributed by atoms with Crippen LogP contribution in [0.5, 0.6) is 0 Å². The number of nitrogens with zero attached hydrogens (tertiary/aromatic N) is 1. The van der Waals surface area contributed by atoms with E-state index in [0.29, 0.717) is 23.4 Å². The summed E-state index contributed by atoms with van der Waals surface area (Å²) in [6, 6.07) is 15.7. The van der Waals surface area contributed by atoms with Crippen LogP contribution in [0.1, 0.15) is 79.2 Å². The van der Waals surface area contributed by atoms with Gasteiger partial charge in [-0.15, -0.1) is 0 Å². The third-order valence-electron chi connectivity index (χ3n) is 6.70. The van der Waals surface area contributed by atoms with E-state index in [1.54, 1.807) is 6.07 Å². The van der Waals surface area contributed by atoms with Gasteiger partial charge in [-0.05, 0) is 67.1 Å². The van der Waals surface area contributed by atoms with E-state index < -0.39 is 0 Å². The largest absolute Gasteiger partial charge is 0.451 e. The Morgan fingerprint density at radius 2 is 1.70 bits per heavy atom. The van der Waals surface area contributed by atoms with Crippen molar-refractivity contribution in [1.82, 2.24) is 10.2 Å². The van der Waals surface area contributed by atoms with Crippen LogP contribution in [-0.2, 0) is 6.42 Å². The molecule has 0 unspecified atom stereocenters. The molecule has 2 heterocycles. The fourth-order valence-corrected chi connectivity index (χ4v) is 4.60. The van der Waals surface area contributed by atoms with Gasteiger partial charge >= 0.3 is 0 Å². The van der Waals surface area contributed by atoms with Crippen LogP contribution in [-0.4, -0.2) is 30.4 Å². The molecular formula is C28H34N2O3. The van der Waals surface area contributed by atoms with Gasteiger partial charge in [-0.1, -0.05) is 57.5 Å². The second-order valence-corrected chi connectivity index (χ2v) is 9.30. The van der Waals surface area contributed by atoms with Crippen LogP contribution in [0.4, 0.5) is 0 Å². The number of benzene rings is 2. The molecule has 33 heavy (non-hydrogen) atoms. The van der Waals surface area contributed by atoms with Crippen molar-refractivity contribution in [2.75, 3.05) is 19.6 Å². The highest BCUT2D eigenvalue weighted by atomic mass is 16.3. The lowest BCUT2D eigenvalue weighted by molar-refractivity contribution is 0.0897. The number of hydrogen-bond acceptors (Lipinski definition) is 4. The van der Waals surface area contributed by atoms with Crippen molar-refractivity contribution in [3.05, 3.63) is 81.2 Å². The van der Waals surface area contributed by atoms with Crippen molar-refractivity contribution < 1.29 is 9.21 Å². The van der Waals surface area contributed by atoms with Crippen LogP contribution < -0.4 is 10.7 Å². The molecule has 5 nitrogen and oxygen atoms in total. The Bertz CT molecular complexity index is 1160. The van der Waals surface area contributed by atoms with Gasteiger partial charge in [-0.3, -0.25) is 14.5 Å². The standard InChI is InChI=1S/C28H34N2O3/c1-4-20-8-13-26-23(16-20)25(31)17-27(33-26)28(32)29-18-24(30-14-6-5-7-15-30)22-11-9-21(10-12-22)19(2)3/h8-13,16-17,19,24H,4-7,14-15,18H2,1-3H3,(H,29,32)/t24-/m1/s1. The lowest BCUT2D eigenvalue weighted by Gasteiger charge is -2.35. The number of nitrogens with one attached hydrogen (secondary N) is 1. The van der Waals surface area contributed by atoms with Crippen LogP contribution >= 0.6 is 0 Å². The summed E-state index contributed by atoms with van der Waals surface area (Å²) in [5.41, 5.74) is 3.84. The molecule has 174 valence electrons. The zero-order valence-corrected chi connectivity index (χ0v) is 19.9. The third-order valence-corrected chi connectivity index (χ3v) is 6.70. The SMILES string of the molecule is CCc1ccc2oc(C(=O)NC[C@H](c3ccc(C(C)C)cc3)N3CCCCC3)cc(=O)c2c1. The Morgan fingerprint density at radius 1 is 1.00 bits per heavy atom. The number of likely N-dealkylation sites (tertiary alicyclic amines) is 1. The minimum atomic E-state index is -0.352. The minimum Gasteiger partial charge on any atom is -0.451 e. The lowest BCUT2D eigenvalue weighted by Crippen LogP contribution is -2.40. The molecule has 0 radical (unpaired) electrons. The molecule has 0 saturated carbocycles. The number of amides is 1. The van der Waals surface area contributed by atoms with Crippen molar-refractivity contribution in [2.45, 2.75) is 58.4 Å². The summed E-state index contributed by atoms with van der Waals surface area (Å²) >= 11 is 0. The lowest BCUT2D eigenvalue weighted by atomic mass is 9.97. The smallest absolute Gasteiger partial charge is 0.287 e. The summed E-state index contributed by atoms with van der Waals surface area (Å²) in [6.45, 7) is 8.94. The predicted octanol–water partition coefficient (Wildman–Crippen LogP) is 5.44. The summed E-state index contributed by atoms with van der Waals surface area (Å²) in [7, 11) is 0. The first kappa shape index (κ1) is 23.2. The van der Waals surface area contributed by atoms with Crippen molar-refractivity contribution in [3.8, 4) is 0 Å². The number of fused-ring (bicyclic) bond motifs is 1. The van der Waals surface area contributed by atoms with Gasteiger partial charge in [0.05, 0.1) is 11.4 Å². The summed E-state index contributed by atoms with van der Waals surface area (Å²) in [5, 5.41) is 3.55. The quantitative estimate of drug-likeness (QED) is 0.525. The minimum absolute atomic E-state index is 0.0595. The van der Waals surface area contributed by atoms with E-state index in [1.807, 2.05) is 19.1 Å². The molecule has 1 aliphatic heterocycles. The van der Waals surface area contributed by atoms with E-state index in [1.165, 1.54) is 36.5 Å². The Hall–Kier alpha value is -2.92.